The average Bonchev–Trinajstić information content (AvgIpc) is 2.29. The molecule has 1 aromatic heterocycles. The highest BCUT2D eigenvalue weighted by Crippen LogP contribution is 2.31. The van der Waals surface area contributed by atoms with Gasteiger partial charge in [-0.3, -0.25) is 0 Å². The van der Waals surface area contributed by atoms with Crippen molar-refractivity contribution in [2.45, 2.75) is 11.9 Å². The summed E-state index contributed by atoms with van der Waals surface area (Å²) < 4.78 is 0. The summed E-state index contributed by atoms with van der Waals surface area (Å²) in [6.45, 7) is 2.01. The van der Waals surface area contributed by atoms with Crippen molar-refractivity contribution in [2.24, 2.45) is 0 Å². The summed E-state index contributed by atoms with van der Waals surface area (Å²) in [6, 6.07) is 7.41. The van der Waals surface area contributed by atoms with Gasteiger partial charge in [-0.25, -0.2) is 4.98 Å². The second-order valence-corrected chi connectivity index (χ2v) is 5.10. The highest BCUT2D eigenvalue weighted by atomic mass is 35.5. The smallest absolute Gasteiger partial charge is 0.117 e. The van der Waals surface area contributed by atoms with Crippen molar-refractivity contribution >= 4 is 40.0 Å². The normalized spacial score (nSPS) is 10.4. The molecule has 2 N–H and O–H groups in total. The van der Waals surface area contributed by atoms with Crippen molar-refractivity contribution in [2.75, 3.05) is 11.5 Å². The van der Waals surface area contributed by atoms with Gasteiger partial charge in [0.15, 0.2) is 0 Å². The van der Waals surface area contributed by atoms with Crippen molar-refractivity contribution in [1.82, 2.24) is 4.98 Å². The summed E-state index contributed by atoms with van der Waals surface area (Å²) in [4.78, 5) is 4.43. The number of nitriles is 1. The standard InChI is InChI=1S/C12H10ClN3S/c1-2-17-12-9(6-14)11(15)8-4-3-7(13)5-10(8)16-12/h3-5H,2H2,1H3,(H2,15,16). The molecule has 86 valence electrons. The fourth-order valence-electron chi connectivity index (χ4n) is 1.59. The summed E-state index contributed by atoms with van der Waals surface area (Å²) in [5.41, 5.74) is 7.65. The summed E-state index contributed by atoms with van der Waals surface area (Å²) in [6.07, 6.45) is 0. The molecule has 1 aromatic carbocycles. The lowest BCUT2D eigenvalue weighted by molar-refractivity contribution is 1.16. The lowest BCUT2D eigenvalue weighted by atomic mass is 10.1. The Kier molecular flexibility index (Phi) is 3.41. The first-order valence-electron chi connectivity index (χ1n) is 5.09. The van der Waals surface area contributed by atoms with E-state index in [1.54, 1.807) is 18.2 Å². The number of pyridine rings is 1. The first-order chi connectivity index (χ1) is 8.17. The Balaban J connectivity index is 2.79. The zero-order chi connectivity index (χ0) is 12.4. The van der Waals surface area contributed by atoms with Crippen LogP contribution in [0.1, 0.15) is 12.5 Å². The van der Waals surface area contributed by atoms with Gasteiger partial charge in [-0.05, 0) is 24.0 Å². The van der Waals surface area contributed by atoms with E-state index >= 15 is 0 Å². The number of nitrogens with zero attached hydrogens (tertiary/aromatic N) is 2. The molecule has 0 unspecified atom stereocenters. The molecular weight excluding hydrogens is 254 g/mol. The molecule has 0 atom stereocenters. The van der Waals surface area contributed by atoms with E-state index in [0.717, 1.165) is 16.7 Å². The number of rotatable bonds is 2. The maximum absolute atomic E-state index is 9.13. The molecule has 3 nitrogen and oxygen atoms in total. The van der Waals surface area contributed by atoms with E-state index in [1.165, 1.54) is 11.8 Å². The van der Waals surface area contributed by atoms with E-state index < -0.39 is 0 Å². The molecule has 0 bridgehead atoms. The number of hydrogen-bond acceptors (Lipinski definition) is 4. The third-order valence-electron chi connectivity index (χ3n) is 2.35. The molecular formula is C12H10ClN3S. The Hall–Kier alpha value is -1.44. The van der Waals surface area contributed by atoms with Gasteiger partial charge in [-0.2, -0.15) is 5.26 Å². The van der Waals surface area contributed by atoms with Crippen LogP contribution in [-0.2, 0) is 0 Å². The highest BCUT2D eigenvalue weighted by Gasteiger charge is 2.12. The Morgan fingerprint density at radius 2 is 2.29 bits per heavy atom. The maximum atomic E-state index is 9.13. The largest absolute Gasteiger partial charge is 0.397 e. The van der Waals surface area contributed by atoms with E-state index in [9.17, 15) is 0 Å². The third-order valence-corrected chi connectivity index (χ3v) is 3.44. The van der Waals surface area contributed by atoms with Gasteiger partial charge in [0.25, 0.3) is 0 Å². The number of hydrogen-bond donors (Lipinski definition) is 1. The zero-order valence-electron chi connectivity index (χ0n) is 9.20. The lowest BCUT2D eigenvalue weighted by Crippen LogP contribution is -1.98. The van der Waals surface area contributed by atoms with Crippen LogP contribution in [0, 0.1) is 11.3 Å². The fourth-order valence-corrected chi connectivity index (χ4v) is 2.49. The van der Waals surface area contributed by atoms with Gasteiger partial charge in [0, 0.05) is 10.4 Å². The molecule has 17 heavy (non-hydrogen) atoms. The summed E-state index contributed by atoms with van der Waals surface area (Å²) >= 11 is 7.43. The van der Waals surface area contributed by atoms with Crippen LogP contribution in [0.2, 0.25) is 5.02 Å². The SMILES string of the molecule is CCSc1nc2cc(Cl)ccc2c(N)c1C#N. The number of fused-ring (bicyclic) bond motifs is 1. The number of thioether (sulfide) groups is 1. The minimum absolute atomic E-state index is 0.451. The second kappa shape index (κ2) is 4.82. The molecule has 0 fully saturated rings. The Bertz CT molecular complexity index is 619. The van der Waals surface area contributed by atoms with Crippen LogP contribution >= 0.6 is 23.4 Å². The highest BCUT2D eigenvalue weighted by molar-refractivity contribution is 7.99. The molecule has 0 saturated heterocycles. The Labute approximate surface area is 109 Å². The number of anilines is 1. The van der Waals surface area contributed by atoms with Crippen molar-refractivity contribution in [3.05, 3.63) is 28.8 Å². The average molecular weight is 264 g/mol. The third kappa shape index (κ3) is 2.17. The van der Waals surface area contributed by atoms with Crippen molar-refractivity contribution in [1.29, 1.82) is 5.26 Å². The summed E-state index contributed by atoms with van der Waals surface area (Å²) in [5, 5.41) is 11.2. The van der Waals surface area contributed by atoms with Crippen LogP contribution in [0.4, 0.5) is 5.69 Å². The molecule has 0 amide bonds. The molecule has 0 aliphatic rings. The van der Waals surface area contributed by atoms with Gasteiger partial charge >= 0.3 is 0 Å². The Morgan fingerprint density at radius 3 is 2.94 bits per heavy atom. The molecule has 0 saturated carbocycles. The predicted molar refractivity (Wildman–Crippen MR) is 72.3 cm³/mol. The Morgan fingerprint density at radius 1 is 1.53 bits per heavy atom. The number of nitrogen functional groups attached to an aromatic ring is 1. The molecule has 0 aliphatic carbocycles. The lowest BCUT2D eigenvalue weighted by Gasteiger charge is -2.08. The van der Waals surface area contributed by atoms with Gasteiger partial charge in [0.1, 0.15) is 16.7 Å². The topological polar surface area (TPSA) is 62.7 Å². The molecule has 0 spiro atoms. The quantitative estimate of drug-likeness (QED) is 0.843. The molecule has 2 rings (SSSR count). The van der Waals surface area contributed by atoms with Gasteiger partial charge in [-0.15, -0.1) is 11.8 Å². The van der Waals surface area contributed by atoms with E-state index in [1.807, 2.05) is 6.92 Å². The zero-order valence-corrected chi connectivity index (χ0v) is 10.8. The summed E-state index contributed by atoms with van der Waals surface area (Å²) in [5.74, 6) is 0.840. The molecule has 1 heterocycles. The van der Waals surface area contributed by atoms with Gasteiger partial charge in [0.2, 0.25) is 0 Å². The number of benzene rings is 1. The monoisotopic (exact) mass is 263 g/mol. The predicted octanol–water partition coefficient (Wildman–Crippen LogP) is 3.45. The number of halogens is 1. The summed E-state index contributed by atoms with van der Waals surface area (Å²) in [7, 11) is 0. The van der Waals surface area contributed by atoms with Crippen LogP contribution in [0.25, 0.3) is 10.9 Å². The number of nitrogens with two attached hydrogens (primary N) is 1. The van der Waals surface area contributed by atoms with Crippen LogP contribution in [-0.4, -0.2) is 10.7 Å². The van der Waals surface area contributed by atoms with Gasteiger partial charge in [0.05, 0.1) is 11.2 Å². The fraction of sp³-hybridized carbons (Fsp3) is 0.167. The maximum Gasteiger partial charge on any atom is 0.117 e. The van der Waals surface area contributed by atoms with Crippen molar-refractivity contribution in [3.8, 4) is 6.07 Å². The van der Waals surface area contributed by atoms with E-state index in [2.05, 4.69) is 11.1 Å². The van der Waals surface area contributed by atoms with Crippen LogP contribution in [0.3, 0.4) is 0 Å². The first kappa shape index (κ1) is 12.0. The minimum atomic E-state index is 0.451. The molecule has 5 heteroatoms. The molecule has 2 aromatic rings. The van der Waals surface area contributed by atoms with Crippen LogP contribution in [0.5, 0.6) is 0 Å². The number of aromatic nitrogens is 1. The van der Waals surface area contributed by atoms with E-state index in [0.29, 0.717) is 21.3 Å². The van der Waals surface area contributed by atoms with E-state index in [4.69, 9.17) is 22.6 Å². The first-order valence-corrected chi connectivity index (χ1v) is 6.45. The van der Waals surface area contributed by atoms with Crippen LogP contribution in [0.15, 0.2) is 23.2 Å². The van der Waals surface area contributed by atoms with Gasteiger partial charge < -0.3 is 5.73 Å². The second-order valence-electron chi connectivity index (χ2n) is 3.41. The van der Waals surface area contributed by atoms with Crippen LogP contribution < -0.4 is 5.73 Å². The van der Waals surface area contributed by atoms with Gasteiger partial charge in [-0.1, -0.05) is 18.5 Å². The minimum Gasteiger partial charge on any atom is -0.397 e. The van der Waals surface area contributed by atoms with Crippen molar-refractivity contribution in [3.63, 3.8) is 0 Å². The van der Waals surface area contributed by atoms with Crippen molar-refractivity contribution < 1.29 is 0 Å². The molecule has 0 aliphatic heterocycles. The molecule has 0 radical (unpaired) electrons. The van der Waals surface area contributed by atoms with E-state index in [-0.39, 0.29) is 0 Å².